The van der Waals surface area contributed by atoms with Gasteiger partial charge in [0.25, 0.3) is 0 Å². The van der Waals surface area contributed by atoms with Gasteiger partial charge in [0.05, 0.1) is 25.7 Å². The monoisotopic (exact) mass is 349 g/mol. The smallest absolute Gasteiger partial charge is 0.227 e. The third kappa shape index (κ3) is 4.79. The van der Waals surface area contributed by atoms with E-state index in [9.17, 15) is 4.79 Å². The highest BCUT2D eigenvalue weighted by atomic mass is 16.5. The first-order chi connectivity index (χ1) is 12.0. The molecule has 0 aliphatic carbocycles. The number of ether oxygens (including phenoxy) is 1. The molecule has 1 atom stereocenters. The number of morpholine rings is 1. The number of aryl methyl sites for hydroxylation is 2. The van der Waals surface area contributed by atoms with E-state index in [0.29, 0.717) is 12.5 Å². The number of rotatable bonds is 5. The Kier molecular flexibility index (Phi) is 6.06. The highest BCUT2D eigenvalue weighted by Crippen LogP contribution is 2.21. The van der Waals surface area contributed by atoms with Crippen LogP contribution >= 0.6 is 0 Å². The molecule has 7 nitrogen and oxygen atoms in total. The van der Waals surface area contributed by atoms with E-state index in [2.05, 4.69) is 15.0 Å². The van der Waals surface area contributed by atoms with E-state index in [4.69, 9.17) is 4.74 Å². The second-order valence-corrected chi connectivity index (χ2v) is 7.47. The quantitative estimate of drug-likeness (QED) is 0.797. The summed E-state index contributed by atoms with van der Waals surface area (Å²) in [6.07, 6.45) is 2.22. The van der Waals surface area contributed by atoms with Crippen LogP contribution in [0.1, 0.15) is 31.4 Å². The van der Waals surface area contributed by atoms with Crippen LogP contribution in [0.15, 0.2) is 0 Å². The number of amides is 1. The fourth-order valence-corrected chi connectivity index (χ4v) is 3.87. The van der Waals surface area contributed by atoms with Crippen LogP contribution in [0.4, 0.5) is 0 Å². The first-order valence-electron chi connectivity index (χ1n) is 9.50. The molecule has 0 bridgehead atoms. The molecule has 0 unspecified atom stereocenters. The van der Waals surface area contributed by atoms with Crippen LogP contribution in [-0.4, -0.2) is 76.4 Å². The molecule has 2 aliphatic heterocycles. The highest BCUT2D eigenvalue weighted by Gasteiger charge is 2.27. The Morgan fingerprint density at radius 3 is 2.48 bits per heavy atom. The van der Waals surface area contributed by atoms with E-state index in [1.165, 1.54) is 0 Å². The van der Waals surface area contributed by atoms with Crippen molar-refractivity contribution in [2.75, 3.05) is 45.9 Å². The second kappa shape index (κ2) is 8.27. The lowest BCUT2D eigenvalue weighted by Crippen LogP contribution is -2.45. The molecule has 0 N–H and O–H groups in total. The normalized spacial score (nSPS) is 21.5. The van der Waals surface area contributed by atoms with Crippen molar-refractivity contribution in [2.24, 2.45) is 11.8 Å². The summed E-state index contributed by atoms with van der Waals surface area (Å²) in [6.45, 7) is 13.2. The van der Waals surface area contributed by atoms with Crippen LogP contribution in [0.25, 0.3) is 0 Å². The minimum absolute atomic E-state index is 0.0596. The van der Waals surface area contributed by atoms with Crippen LogP contribution in [0.5, 0.6) is 0 Å². The zero-order chi connectivity index (χ0) is 17.8. The summed E-state index contributed by atoms with van der Waals surface area (Å²) in [7, 11) is 0. The van der Waals surface area contributed by atoms with Crippen molar-refractivity contribution in [1.82, 2.24) is 24.6 Å². The van der Waals surface area contributed by atoms with E-state index in [0.717, 1.165) is 70.4 Å². The summed E-state index contributed by atoms with van der Waals surface area (Å²) in [5.74, 6) is 2.54. The van der Waals surface area contributed by atoms with Crippen LogP contribution in [0.3, 0.4) is 0 Å². The molecule has 2 saturated heterocycles. The molecule has 0 spiro atoms. The highest BCUT2D eigenvalue weighted by molar-refractivity contribution is 5.78. The zero-order valence-electron chi connectivity index (χ0n) is 15.8. The number of carbonyl (C=O) groups excluding carboxylic acids is 1. The summed E-state index contributed by atoms with van der Waals surface area (Å²) < 4.78 is 7.27. The third-order valence-electron chi connectivity index (χ3n) is 5.38. The van der Waals surface area contributed by atoms with Gasteiger partial charge in [-0.3, -0.25) is 9.69 Å². The Balaban J connectivity index is 1.45. The fraction of sp³-hybridized carbons (Fsp3) is 0.833. The second-order valence-electron chi connectivity index (χ2n) is 7.47. The van der Waals surface area contributed by atoms with Crippen LogP contribution in [0.2, 0.25) is 0 Å². The van der Waals surface area contributed by atoms with Crippen molar-refractivity contribution >= 4 is 5.91 Å². The van der Waals surface area contributed by atoms with Gasteiger partial charge in [0.15, 0.2) is 0 Å². The molecular weight excluding hydrogens is 318 g/mol. The van der Waals surface area contributed by atoms with E-state index >= 15 is 0 Å². The molecule has 1 aromatic heterocycles. The molecule has 0 radical (unpaired) electrons. The van der Waals surface area contributed by atoms with Gasteiger partial charge < -0.3 is 9.64 Å². The van der Waals surface area contributed by atoms with Crippen molar-refractivity contribution in [2.45, 2.75) is 40.2 Å². The van der Waals surface area contributed by atoms with E-state index in [1.807, 2.05) is 30.4 Å². The Bertz CT molecular complexity index is 574. The average Bonchev–Trinajstić information content (AvgIpc) is 2.93. The molecular formula is C18H31N5O2. The first kappa shape index (κ1) is 18.3. The lowest BCUT2D eigenvalue weighted by Gasteiger charge is -2.36. The molecule has 3 heterocycles. The number of carbonyl (C=O) groups is 1. The summed E-state index contributed by atoms with van der Waals surface area (Å²) in [6, 6.07) is 0. The van der Waals surface area contributed by atoms with Gasteiger partial charge >= 0.3 is 0 Å². The lowest BCUT2D eigenvalue weighted by molar-refractivity contribution is -0.137. The Morgan fingerprint density at radius 2 is 1.88 bits per heavy atom. The topological polar surface area (TPSA) is 63.5 Å². The van der Waals surface area contributed by atoms with Gasteiger partial charge in [-0.05, 0) is 32.6 Å². The predicted octanol–water partition coefficient (Wildman–Crippen LogP) is 1.10. The number of piperidine rings is 1. The van der Waals surface area contributed by atoms with Crippen LogP contribution < -0.4 is 0 Å². The first-order valence-corrected chi connectivity index (χ1v) is 9.50. The molecule has 0 saturated carbocycles. The zero-order valence-corrected chi connectivity index (χ0v) is 15.8. The summed E-state index contributed by atoms with van der Waals surface area (Å²) in [5, 5.41) is 4.37. The Morgan fingerprint density at radius 1 is 1.20 bits per heavy atom. The fourth-order valence-electron chi connectivity index (χ4n) is 3.87. The maximum atomic E-state index is 12.8. The molecule has 1 aromatic rings. The van der Waals surface area contributed by atoms with Crippen LogP contribution in [-0.2, 0) is 16.1 Å². The number of nitrogens with zero attached hydrogens (tertiary/aromatic N) is 5. The molecule has 140 valence electrons. The van der Waals surface area contributed by atoms with E-state index < -0.39 is 0 Å². The maximum absolute atomic E-state index is 12.8. The van der Waals surface area contributed by atoms with Crippen molar-refractivity contribution < 1.29 is 9.53 Å². The third-order valence-corrected chi connectivity index (χ3v) is 5.38. The number of hydrogen-bond acceptors (Lipinski definition) is 5. The number of likely N-dealkylation sites (tertiary alicyclic amines) is 1. The lowest BCUT2D eigenvalue weighted by atomic mass is 9.95. The number of aromatic nitrogens is 3. The van der Waals surface area contributed by atoms with Crippen molar-refractivity contribution in [1.29, 1.82) is 0 Å². The molecule has 3 rings (SSSR count). The minimum atomic E-state index is -0.0596. The van der Waals surface area contributed by atoms with Gasteiger partial charge in [-0.1, -0.05) is 6.92 Å². The standard InChI is InChI=1S/C18H31N5O2/c1-14(12-23-16(3)19-15(2)20-23)18(24)22-6-4-17(5-7-22)13-21-8-10-25-11-9-21/h14,17H,4-13H2,1-3H3/t14-/m0/s1. The number of hydrogen-bond donors (Lipinski definition) is 0. The van der Waals surface area contributed by atoms with E-state index in [-0.39, 0.29) is 11.8 Å². The van der Waals surface area contributed by atoms with Gasteiger partial charge in [-0.15, -0.1) is 0 Å². The molecule has 1 amide bonds. The van der Waals surface area contributed by atoms with E-state index in [1.54, 1.807) is 0 Å². The van der Waals surface area contributed by atoms with Gasteiger partial charge in [-0.25, -0.2) is 9.67 Å². The van der Waals surface area contributed by atoms with Gasteiger partial charge in [0.2, 0.25) is 5.91 Å². The molecule has 25 heavy (non-hydrogen) atoms. The summed E-state index contributed by atoms with van der Waals surface area (Å²) in [5.41, 5.74) is 0. The van der Waals surface area contributed by atoms with Crippen molar-refractivity contribution in [3.63, 3.8) is 0 Å². The molecule has 0 aromatic carbocycles. The minimum Gasteiger partial charge on any atom is -0.379 e. The maximum Gasteiger partial charge on any atom is 0.227 e. The van der Waals surface area contributed by atoms with Gasteiger partial charge in [0.1, 0.15) is 11.6 Å². The predicted molar refractivity (Wildman–Crippen MR) is 95.2 cm³/mol. The van der Waals surface area contributed by atoms with Crippen molar-refractivity contribution in [3.8, 4) is 0 Å². The van der Waals surface area contributed by atoms with Gasteiger partial charge in [-0.2, -0.15) is 5.10 Å². The van der Waals surface area contributed by atoms with Gasteiger partial charge in [0, 0.05) is 32.7 Å². The molecule has 2 aliphatic rings. The summed E-state index contributed by atoms with van der Waals surface area (Å²) in [4.78, 5) is 21.6. The SMILES string of the molecule is Cc1nc(C)n(C[C@H](C)C(=O)N2CCC(CN3CCOCC3)CC2)n1. The Hall–Kier alpha value is -1.47. The average molecular weight is 349 g/mol. The Labute approximate surface area is 150 Å². The molecule has 7 heteroatoms. The summed E-state index contributed by atoms with van der Waals surface area (Å²) >= 11 is 0. The largest absolute Gasteiger partial charge is 0.379 e. The van der Waals surface area contributed by atoms with Crippen molar-refractivity contribution in [3.05, 3.63) is 11.6 Å². The molecule has 2 fully saturated rings. The van der Waals surface area contributed by atoms with Crippen LogP contribution in [0, 0.1) is 25.7 Å².